The fourth-order valence-electron chi connectivity index (χ4n) is 3.11. The first-order valence-corrected chi connectivity index (χ1v) is 8.66. The first-order chi connectivity index (χ1) is 12.5. The lowest BCUT2D eigenvalue weighted by molar-refractivity contribution is 0.0698. The van der Waals surface area contributed by atoms with Crippen molar-refractivity contribution in [1.29, 1.82) is 0 Å². The molecule has 0 bridgehead atoms. The fraction of sp³-hybridized carbons (Fsp3) is 0.250. The van der Waals surface area contributed by atoms with Gasteiger partial charge in [0.2, 0.25) is 0 Å². The molecule has 6 heteroatoms. The smallest absolute Gasteiger partial charge is 0.337 e. The minimum absolute atomic E-state index is 0.276. The van der Waals surface area contributed by atoms with Crippen molar-refractivity contribution in [3.63, 3.8) is 0 Å². The van der Waals surface area contributed by atoms with Crippen molar-refractivity contribution in [3.05, 3.63) is 65.0 Å². The predicted molar refractivity (Wildman–Crippen MR) is 99.5 cm³/mol. The standard InChI is InChI=1S/C20H20N4O2/c1-12-4-3-9-21-19(12)24-18(10-13(2)23-24)22-17-8-7-15(14-5-6-14)11-16(17)20(25)26/h3-4,7-11,14,22H,5-6H2,1-2H3,(H,25,26). The number of benzene rings is 1. The number of hydrogen-bond acceptors (Lipinski definition) is 4. The van der Waals surface area contributed by atoms with Crippen LogP contribution in [0.2, 0.25) is 0 Å². The third-order valence-electron chi connectivity index (χ3n) is 4.60. The van der Waals surface area contributed by atoms with Gasteiger partial charge in [0, 0.05) is 12.3 Å². The first kappa shape index (κ1) is 16.3. The molecule has 3 aromatic rings. The van der Waals surface area contributed by atoms with Gasteiger partial charge in [-0.2, -0.15) is 9.78 Å². The lowest BCUT2D eigenvalue weighted by atomic mass is 10.1. The Kier molecular flexibility index (Phi) is 3.95. The van der Waals surface area contributed by atoms with Gasteiger partial charge in [-0.3, -0.25) is 0 Å². The molecule has 0 aliphatic heterocycles. The number of aryl methyl sites for hydroxylation is 2. The number of aromatic carboxylic acids is 1. The SMILES string of the molecule is Cc1cc(Nc2ccc(C3CC3)cc2C(=O)O)n(-c2ncccc2C)n1. The van der Waals surface area contributed by atoms with E-state index in [0.29, 0.717) is 17.4 Å². The lowest BCUT2D eigenvalue weighted by Crippen LogP contribution is -2.09. The molecule has 26 heavy (non-hydrogen) atoms. The summed E-state index contributed by atoms with van der Waals surface area (Å²) < 4.78 is 1.71. The van der Waals surface area contributed by atoms with E-state index in [2.05, 4.69) is 15.4 Å². The van der Waals surface area contributed by atoms with Crippen LogP contribution < -0.4 is 5.32 Å². The summed E-state index contributed by atoms with van der Waals surface area (Å²) in [7, 11) is 0. The normalized spacial score (nSPS) is 13.6. The Hall–Kier alpha value is -3.15. The van der Waals surface area contributed by atoms with Gasteiger partial charge >= 0.3 is 5.97 Å². The van der Waals surface area contributed by atoms with Gasteiger partial charge in [-0.15, -0.1) is 0 Å². The van der Waals surface area contributed by atoms with E-state index in [4.69, 9.17) is 0 Å². The molecule has 4 rings (SSSR count). The number of carbonyl (C=O) groups is 1. The number of nitrogens with one attached hydrogen (secondary N) is 1. The highest BCUT2D eigenvalue weighted by Crippen LogP contribution is 2.41. The highest BCUT2D eigenvalue weighted by Gasteiger charge is 2.25. The van der Waals surface area contributed by atoms with E-state index in [-0.39, 0.29) is 5.56 Å². The molecule has 2 heterocycles. The van der Waals surface area contributed by atoms with Crippen LogP contribution >= 0.6 is 0 Å². The molecule has 1 aliphatic carbocycles. The molecule has 2 N–H and O–H groups in total. The summed E-state index contributed by atoms with van der Waals surface area (Å²) in [4.78, 5) is 16.2. The fourth-order valence-corrected chi connectivity index (χ4v) is 3.11. The minimum Gasteiger partial charge on any atom is -0.478 e. The van der Waals surface area contributed by atoms with Crippen molar-refractivity contribution in [1.82, 2.24) is 14.8 Å². The van der Waals surface area contributed by atoms with E-state index >= 15 is 0 Å². The summed E-state index contributed by atoms with van der Waals surface area (Å²) in [6.45, 7) is 3.87. The summed E-state index contributed by atoms with van der Waals surface area (Å²) in [5, 5.41) is 17.4. The molecule has 0 spiro atoms. The van der Waals surface area contributed by atoms with Gasteiger partial charge in [-0.1, -0.05) is 12.1 Å². The van der Waals surface area contributed by atoms with Crippen LogP contribution in [0.1, 0.15) is 45.9 Å². The van der Waals surface area contributed by atoms with Crippen molar-refractivity contribution < 1.29 is 9.90 Å². The van der Waals surface area contributed by atoms with E-state index in [1.165, 1.54) is 0 Å². The van der Waals surface area contributed by atoms with Gasteiger partial charge in [-0.25, -0.2) is 9.78 Å². The monoisotopic (exact) mass is 348 g/mol. The zero-order chi connectivity index (χ0) is 18.3. The van der Waals surface area contributed by atoms with E-state index in [1.54, 1.807) is 16.9 Å². The van der Waals surface area contributed by atoms with Gasteiger partial charge in [0.1, 0.15) is 5.82 Å². The van der Waals surface area contributed by atoms with Gasteiger partial charge < -0.3 is 10.4 Å². The number of pyridine rings is 1. The zero-order valence-corrected chi connectivity index (χ0v) is 14.7. The molecule has 0 atom stereocenters. The third-order valence-corrected chi connectivity index (χ3v) is 4.60. The molecule has 0 unspecified atom stereocenters. The maximum Gasteiger partial charge on any atom is 0.337 e. The molecule has 0 radical (unpaired) electrons. The van der Waals surface area contributed by atoms with Gasteiger partial charge in [0.05, 0.1) is 16.9 Å². The second-order valence-corrected chi connectivity index (χ2v) is 6.74. The van der Waals surface area contributed by atoms with E-state index < -0.39 is 5.97 Å². The van der Waals surface area contributed by atoms with Crippen molar-refractivity contribution >= 4 is 17.5 Å². The van der Waals surface area contributed by atoms with Crippen LogP contribution in [-0.2, 0) is 0 Å². The molecule has 1 fully saturated rings. The molecule has 1 saturated carbocycles. The molecule has 6 nitrogen and oxygen atoms in total. The predicted octanol–water partition coefficient (Wildman–Crippen LogP) is 4.20. The maximum absolute atomic E-state index is 11.7. The Morgan fingerprint density at radius 2 is 2.04 bits per heavy atom. The van der Waals surface area contributed by atoms with Crippen LogP contribution in [0, 0.1) is 13.8 Å². The first-order valence-electron chi connectivity index (χ1n) is 8.66. The molecule has 0 saturated heterocycles. The number of aromatic nitrogens is 3. The van der Waals surface area contributed by atoms with Crippen LogP contribution in [0.5, 0.6) is 0 Å². The van der Waals surface area contributed by atoms with E-state index in [1.807, 2.05) is 44.2 Å². The van der Waals surface area contributed by atoms with Crippen LogP contribution in [0.4, 0.5) is 11.5 Å². The summed E-state index contributed by atoms with van der Waals surface area (Å²) in [6.07, 6.45) is 3.99. The number of anilines is 2. The van der Waals surface area contributed by atoms with Crippen LogP contribution in [0.15, 0.2) is 42.6 Å². The molecule has 0 amide bonds. The third kappa shape index (κ3) is 3.06. The Morgan fingerprint density at radius 1 is 1.23 bits per heavy atom. The highest BCUT2D eigenvalue weighted by molar-refractivity contribution is 5.95. The van der Waals surface area contributed by atoms with E-state index in [0.717, 1.165) is 35.5 Å². The number of nitrogens with zero attached hydrogens (tertiary/aromatic N) is 3. The second kappa shape index (κ2) is 6.29. The average Bonchev–Trinajstić information content (AvgIpc) is 3.39. The van der Waals surface area contributed by atoms with Crippen LogP contribution in [0.25, 0.3) is 5.82 Å². The van der Waals surface area contributed by atoms with Gasteiger partial charge in [0.15, 0.2) is 5.82 Å². The topological polar surface area (TPSA) is 80.0 Å². The largest absolute Gasteiger partial charge is 0.478 e. The zero-order valence-electron chi connectivity index (χ0n) is 14.7. The Balaban J connectivity index is 1.74. The minimum atomic E-state index is -0.938. The van der Waals surface area contributed by atoms with E-state index in [9.17, 15) is 9.90 Å². The number of carboxylic acids is 1. The Morgan fingerprint density at radius 3 is 2.73 bits per heavy atom. The molecular weight excluding hydrogens is 328 g/mol. The van der Waals surface area contributed by atoms with Gasteiger partial charge in [0.25, 0.3) is 0 Å². The number of hydrogen-bond donors (Lipinski definition) is 2. The second-order valence-electron chi connectivity index (χ2n) is 6.74. The highest BCUT2D eigenvalue weighted by atomic mass is 16.4. The average molecular weight is 348 g/mol. The summed E-state index contributed by atoms with van der Waals surface area (Å²) in [5.74, 6) is 0.971. The molecule has 1 aliphatic rings. The molecule has 132 valence electrons. The summed E-state index contributed by atoms with van der Waals surface area (Å²) >= 11 is 0. The number of carboxylic acid groups (broad SMARTS) is 1. The van der Waals surface area contributed by atoms with Crippen molar-refractivity contribution in [2.75, 3.05) is 5.32 Å². The summed E-state index contributed by atoms with van der Waals surface area (Å²) in [6, 6.07) is 11.4. The van der Waals surface area contributed by atoms with Gasteiger partial charge in [-0.05, 0) is 61.9 Å². The van der Waals surface area contributed by atoms with Crippen molar-refractivity contribution in [2.45, 2.75) is 32.6 Å². The molecular formula is C20H20N4O2. The maximum atomic E-state index is 11.7. The Labute approximate surface area is 151 Å². The quantitative estimate of drug-likeness (QED) is 0.722. The van der Waals surface area contributed by atoms with Crippen LogP contribution in [0.3, 0.4) is 0 Å². The Bertz CT molecular complexity index is 989. The molecule has 1 aromatic carbocycles. The molecule has 2 aromatic heterocycles. The number of rotatable bonds is 5. The summed E-state index contributed by atoms with van der Waals surface area (Å²) in [5.41, 5.74) is 3.73. The van der Waals surface area contributed by atoms with Crippen molar-refractivity contribution in [3.8, 4) is 5.82 Å². The van der Waals surface area contributed by atoms with Crippen LogP contribution in [-0.4, -0.2) is 25.8 Å². The van der Waals surface area contributed by atoms with Crippen molar-refractivity contribution in [2.24, 2.45) is 0 Å². The lowest BCUT2D eigenvalue weighted by Gasteiger charge is -2.13.